The number of nitrogens with zero attached hydrogens (tertiary/aromatic N) is 3. The maximum Gasteiger partial charge on any atom is 0.263 e. The van der Waals surface area contributed by atoms with Gasteiger partial charge in [-0.05, 0) is 31.9 Å². The summed E-state index contributed by atoms with van der Waals surface area (Å²) in [6, 6.07) is 5.25. The van der Waals surface area contributed by atoms with Gasteiger partial charge in [-0.1, -0.05) is 52.4 Å². The Morgan fingerprint density at radius 1 is 1.04 bits per heavy atom. The number of halogens is 2. The third-order valence-corrected chi connectivity index (χ3v) is 5.27. The Balaban J connectivity index is 1.83. The monoisotopic (exact) mass is 378 g/mol. The summed E-state index contributed by atoms with van der Waals surface area (Å²) in [6.07, 6.45) is 3.82. The van der Waals surface area contributed by atoms with Crippen molar-refractivity contribution in [3.05, 3.63) is 39.8 Å². The smallest absolute Gasteiger partial charge is 0.263 e. The van der Waals surface area contributed by atoms with Crippen molar-refractivity contribution in [2.75, 3.05) is 0 Å². The molecule has 0 radical (unpaired) electrons. The van der Waals surface area contributed by atoms with Gasteiger partial charge in [0.1, 0.15) is 17.0 Å². The molecule has 0 amide bonds. The van der Waals surface area contributed by atoms with Crippen LogP contribution in [0.5, 0.6) is 0 Å². The van der Waals surface area contributed by atoms with Crippen LogP contribution in [0.2, 0.25) is 10.0 Å². The Bertz CT molecular complexity index is 908. The normalized spacial score (nSPS) is 16.5. The van der Waals surface area contributed by atoms with Gasteiger partial charge in [0.2, 0.25) is 0 Å². The summed E-state index contributed by atoms with van der Waals surface area (Å²) in [4.78, 5) is 4.52. The Labute approximate surface area is 154 Å². The highest BCUT2D eigenvalue weighted by molar-refractivity contribution is 6.39. The van der Waals surface area contributed by atoms with Crippen LogP contribution in [0.4, 0.5) is 0 Å². The standard InChI is InChI=1S/C17H16Cl2N4O2/c1-9-12(14(22-24-9)13-10(18)5-4-6-11(13)19)15-21-16(23-25-15)17(20)7-2-3-8-17/h4-6H,2-3,7-8,20H2,1H3. The third kappa shape index (κ3) is 2.74. The van der Waals surface area contributed by atoms with Gasteiger partial charge in [-0.25, -0.2) is 0 Å². The molecule has 8 heteroatoms. The third-order valence-electron chi connectivity index (χ3n) is 4.64. The molecule has 130 valence electrons. The van der Waals surface area contributed by atoms with E-state index >= 15 is 0 Å². The topological polar surface area (TPSA) is 91.0 Å². The lowest BCUT2D eigenvalue weighted by atomic mass is 9.98. The average molecular weight is 379 g/mol. The van der Waals surface area contributed by atoms with Gasteiger partial charge in [-0.15, -0.1) is 0 Å². The van der Waals surface area contributed by atoms with Gasteiger partial charge in [-0.3, -0.25) is 0 Å². The van der Waals surface area contributed by atoms with Gasteiger partial charge in [-0.2, -0.15) is 4.98 Å². The first-order valence-corrected chi connectivity index (χ1v) is 8.79. The summed E-state index contributed by atoms with van der Waals surface area (Å²) >= 11 is 12.6. The highest BCUT2D eigenvalue weighted by Gasteiger charge is 2.37. The minimum atomic E-state index is -0.533. The zero-order valence-corrected chi connectivity index (χ0v) is 15.1. The van der Waals surface area contributed by atoms with E-state index in [0.717, 1.165) is 25.7 Å². The maximum atomic E-state index is 6.42. The first kappa shape index (κ1) is 16.6. The fourth-order valence-corrected chi connectivity index (χ4v) is 3.85. The fraction of sp³-hybridized carbons (Fsp3) is 0.353. The van der Waals surface area contributed by atoms with E-state index < -0.39 is 5.54 Å². The van der Waals surface area contributed by atoms with Crippen LogP contribution in [-0.4, -0.2) is 15.3 Å². The molecule has 1 aromatic carbocycles. The molecule has 0 atom stereocenters. The van der Waals surface area contributed by atoms with Gasteiger partial charge in [0, 0.05) is 5.56 Å². The van der Waals surface area contributed by atoms with E-state index in [9.17, 15) is 0 Å². The lowest BCUT2D eigenvalue weighted by Crippen LogP contribution is -2.34. The van der Waals surface area contributed by atoms with Gasteiger partial charge in [0.05, 0.1) is 15.6 Å². The van der Waals surface area contributed by atoms with E-state index in [2.05, 4.69) is 15.3 Å². The Hall–Kier alpha value is -1.89. The van der Waals surface area contributed by atoms with Crippen LogP contribution >= 0.6 is 23.2 Å². The van der Waals surface area contributed by atoms with Crippen LogP contribution in [0.25, 0.3) is 22.7 Å². The van der Waals surface area contributed by atoms with Crippen LogP contribution in [-0.2, 0) is 5.54 Å². The molecule has 1 aliphatic carbocycles. The van der Waals surface area contributed by atoms with E-state index in [-0.39, 0.29) is 0 Å². The molecular formula is C17H16Cl2N4O2. The number of hydrogen-bond acceptors (Lipinski definition) is 6. The summed E-state index contributed by atoms with van der Waals surface area (Å²) < 4.78 is 10.8. The predicted molar refractivity (Wildman–Crippen MR) is 94.3 cm³/mol. The number of benzene rings is 1. The Morgan fingerprint density at radius 3 is 2.40 bits per heavy atom. The molecule has 0 saturated heterocycles. The van der Waals surface area contributed by atoms with E-state index in [4.69, 9.17) is 38.0 Å². The average Bonchev–Trinajstić information content (AvgIpc) is 3.28. The molecular weight excluding hydrogens is 363 g/mol. The minimum absolute atomic E-state index is 0.302. The molecule has 1 saturated carbocycles. The first-order valence-electron chi connectivity index (χ1n) is 8.04. The number of aromatic nitrogens is 3. The van der Waals surface area contributed by atoms with Crippen LogP contribution in [0, 0.1) is 6.92 Å². The largest absolute Gasteiger partial charge is 0.360 e. The quantitative estimate of drug-likeness (QED) is 0.707. The van der Waals surface area contributed by atoms with Crippen LogP contribution in [0.1, 0.15) is 37.3 Å². The molecule has 3 aromatic rings. The van der Waals surface area contributed by atoms with Gasteiger partial charge >= 0.3 is 0 Å². The lowest BCUT2D eigenvalue weighted by molar-refractivity contribution is 0.371. The van der Waals surface area contributed by atoms with Crippen LogP contribution in [0.3, 0.4) is 0 Å². The van der Waals surface area contributed by atoms with E-state index in [1.807, 2.05) is 0 Å². The van der Waals surface area contributed by atoms with Crippen molar-refractivity contribution in [2.45, 2.75) is 38.1 Å². The second-order valence-electron chi connectivity index (χ2n) is 6.35. The Kier molecular flexibility index (Phi) is 4.06. The van der Waals surface area contributed by atoms with E-state index in [0.29, 0.717) is 44.3 Å². The fourth-order valence-electron chi connectivity index (χ4n) is 3.28. The molecule has 0 spiro atoms. The summed E-state index contributed by atoms with van der Waals surface area (Å²) in [6.45, 7) is 1.77. The van der Waals surface area contributed by atoms with Crippen molar-refractivity contribution >= 4 is 23.2 Å². The van der Waals surface area contributed by atoms with Crippen molar-refractivity contribution in [2.24, 2.45) is 5.73 Å². The van der Waals surface area contributed by atoms with Crippen LogP contribution in [0.15, 0.2) is 27.2 Å². The number of aryl methyl sites for hydroxylation is 1. The van der Waals surface area contributed by atoms with Gasteiger partial charge < -0.3 is 14.8 Å². The highest BCUT2D eigenvalue weighted by Crippen LogP contribution is 2.41. The molecule has 1 fully saturated rings. The molecule has 6 nitrogen and oxygen atoms in total. The van der Waals surface area contributed by atoms with Crippen LogP contribution < -0.4 is 5.73 Å². The van der Waals surface area contributed by atoms with Crippen molar-refractivity contribution < 1.29 is 9.05 Å². The molecule has 0 aliphatic heterocycles. The second kappa shape index (κ2) is 6.12. The summed E-state index contributed by atoms with van der Waals surface area (Å²) in [5.41, 5.74) is 7.51. The lowest BCUT2D eigenvalue weighted by Gasteiger charge is -2.17. The van der Waals surface area contributed by atoms with Crippen molar-refractivity contribution in [1.29, 1.82) is 0 Å². The number of hydrogen-bond donors (Lipinski definition) is 1. The van der Waals surface area contributed by atoms with Crippen molar-refractivity contribution in [1.82, 2.24) is 15.3 Å². The SMILES string of the molecule is Cc1onc(-c2c(Cl)cccc2Cl)c1-c1nc(C2(N)CCCC2)no1. The zero-order valence-electron chi connectivity index (χ0n) is 13.6. The molecule has 2 N–H and O–H groups in total. The second-order valence-corrected chi connectivity index (χ2v) is 7.16. The zero-order chi connectivity index (χ0) is 17.6. The summed E-state index contributed by atoms with van der Waals surface area (Å²) in [5.74, 6) is 1.35. The van der Waals surface area contributed by atoms with Crippen molar-refractivity contribution in [3.63, 3.8) is 0 Å². The minimum Gasteiger partial charge on any atom is -0.360 e. The summed E-state index contributed by atoms with van der Waals surface area (Å²) in [5, 5.41) is 9.14. The van der Waals surface area contributed by atoms with Crippen molar-refractivity contribution in [3.8, 4) is 22.7 Å². The molecule has 1 aliphatic rings. The van der Waals surface area contributed by atoms with Gasteiger partial charge in [0.15, 0.2) is 5.82 Å². The molecule has 4 rings (SSSR count). The first-order chi connectivity index (χ1) is 12.0. The molecule has 25 heavy (non-hydrogen) atoms. The van der Waals surface area contributed by atoms with E-state index in [1.54, 1.807) is 25.1 Å². The number of rotatable bonds is 3. The molecule has 2 heterocycles. The number of nitrogens with two attached hydrogens (primary N) is 1. The molecule has 2 aromatic heterocycles. The Morgan fingerprint density at radius 2 is 1.72 bits per heavy atom. The van der Waals surface area contributed by atoms with E-state index in [1.165, 1.54) is 0 Å². The molecule has 0 unspecified atom stereocenters. The molecule has 0 bridgehead atoms. The summed E-state index contributed by atoms with van der Waals surface area (Å²) in [7, 11) is 0. The highest BCUT2D eigenvalue weighted by atomic mass is 35.5. The predicted octanol–water partition coefficient (Wildman–Crippen LogP) is 4.73. The maximum absolute atomic E-state index is 6.42. The van der Waals surface area contributed by atoms with Gasteiger partial charge in [0.25, 0.3) is 5.89 Å².